The van der Waals surface area contributed by atoms with Crippen LogP contribution in [0.1, 0.15) is 19.8 Å². The van der Waals surface area contributed by atoms with Gasteiger partial charge < -0.3 is 30.8 Å². The van der Waals surface area contributed by atoms with Crippen molar-refractivity contribution < 1.29 is 30.3 Å². The highest BCUT2D eigenvalue weighted by Crippen LogP contribution is 2.04. The maximum absolute atomic E-state index is 11.1. The van der Waals surface area contributed by atoms with Crippen LogP contribution in [0.4, 0.5) is 0 Å². The molecule has 1 amide bonds. The van der Waals surface area contributed by atoms with E-state index in [0.717, 1.165) is 0 Å². The van der Waals surface area contributed by atoms with E-state index in [1.807, 2.05) is 6.92 Å². The molecule has 0 aromatic heterocycles. The molecule has 0 aromatic rings. The second-order valence-corrected chi connectivity index (χ2v) is 3.85. The molecule has 102 valence electrons. The van der Waals surface area contributed by atoms with E-state index in [0.29, 0.717) is 12.8 Å². The quantitative estimate of drug-likeness (QED) is 0.279. The Balaban J connectivity index is 4.04. The minimum Gasteiger partial charge on any atom is -0.394 e. The number of aliphatic hydroxyl groups is 5. The molecule has 0 aliphatic rings. The summed E-state index contributed by atoms with van der Waals surface area (Å²) >= 11 is 0. The van der Waals surface area contributed by atoms with Gasteiger partial charge in [-0.2, -0.15) is 0 Å². The number of aliphatic hydroxyl groups excluding tert-OH is 5. The summed E-state index contributed by atoms with van der Waals surface area (Å²) in [7, 11) is 0. The average molecular weight is 251 g/mol. The van der Waals surface area contributed by atoms with Gasteiger partial charge in [0.2, 0.25) is 5.91 Å². The molecular weight excluding hydrogens is 230 g/mol. The third-order valence-corrected chi connectivity index (χ3v) is 2.31. The van der Waals surface area contributed by atoms with Crippen LogP contribution >= 0.6 is 0 Å². The van der Waals surface area contributed by atoms with E-state index in [-0.39, 0.29) is 12.5 Å². The van der Waals surface area contributed by atoms with Crippen molar-refractivity contribution in [2.45, 2.75) is 44.2 Å². The Kier molecular flexibility index (Phi) is 8.01. The number of carbonyl (C=O) groups excluding carboxylic acids is 1. The molecule has 0 heterocycles. The van der Waals surface area contributed by atoms with Crippen LogP contribution in [0.2, 0.25) is 0 Å². The highest BCUT2D eigenvalue weighted by Gasteiger charge is 2.29. The normalized spacial score (nSPS) is 18.2. The number of amides is 1. The second kappa shape index (κ2) is 8.37. The van der Waals surface area contributed by atoms with Gasteiger partial charge in [0, 0.05) is 13.0 Å². The van der Waals surface area contributed by atoms with Crippen molar-refractivity contribution in [2.24, 2.45) is 0 Å². The summed E-state index contributed by atoms with van der Waals surface area (Å²) in [5.74, 6) is -0.268. The van der Waals surface area contributed by atoms with Crippen LogP contribution in [0.25, 0.3) is 0 Å². The first-order valence-corrected chi connectivity index (χ1v) is 5.53. The van der Waals surface area contributed by atoms with Crippen LogP contribution in [-0.4, -0.2) is 69.0 Å². The first-order chi connectivity index (χ1) is 7.93. The van der Waals surface area contributed by atoms with Crippen molar-refractivity contribution in [3.05, 3.63) is 0 Å². The molecule has 0 fully saturated rings. The van der Waals surface area contributed by atoms with E-state index in [1.54, 1.807) is 0 Å². The number of rotatable bonds is 8. The van der Waals surface area contributed by atoms with Gasteiger partial charge in [0.15, 0.2) is 0 Å². The molecule has 0 aliphatic heterocycles. The van der Waals surface area contributed by atoms with Crippen LogP contribution < -0.4 is 5.32 Å². The summed E-state index contributed by atoms with van der Waals surface area (Å²) in [6.45, 7) is 0.870. The lowest BCUT2D eigenvalue weighted by Crippen LogP contribution is -2.49. The monoisotopic (exact) mass is 251 g/mol. The highest BCUT2D eigenvalue weighted by molar-refractivity contribution is 5.75. The fraction of sp³-hybridized carbons (Fsp3) is 0.900. The predicted octanol–water partition coefficient (Wildman–Crippen LogP) is -2.66. The van der Waals surface area contributed by atoms with Crippen LogP contribution in [0.5, 0.6) is 0 Å². The largest absolute Gasteiger partial charge is 0.394 e. The van der Waals surface area contributed by atoms with E-state index in [1.165, 1.54) is 0 Å². The molecule has 0 spiro atoms. The van der Waals surface area contributed by atoms with Crippen molar-refractivity contribution in [3.63, 3.8) is 0 Å². The summed E-state index contributed by atoms with van der Waals surface area (Å²) in [6.07, 6.45) is -5.28. The van der Waals surface area contributed by atoms with E-state index in [2.05, 4.69) is 5.32 Å². The molecule has 6 N–H and O–H groups in total. The SMILES string of the molecule is CCCC(=O)NCC(O)C(O)C(O)C(O)CO. The van der Waals surface area contributed by atoms with Crippen molar-refractivity contribution in [3.8, 4) is 0 Å². The number of carbonyl (C=O) groups is 1. The zero-order valence-corrected chi connectivity index (χ0v) is 9.78. The van der Waals surface area contributed by atoms with Gasteiger partial charge in [-0.25, -0.2) is 0 Å². The molecule has 0 saturated carbocycles. The van der Waals surface area contributed by atoms with Crippen molar-refractivity contribution in [2.75, 3.05) is 13.2 Å². The third kappa shape index (κ3) is 5.94. The molecule has 0 aromatic carbocycles. The molecule has 0 radical (unpaired) electrons. The average Bonchev–Trinajstić information content (AvgIpc) is 2.33. The molecule has 7 heteroatoms. The lowest BCUT2D eigenvalue weighted by atomic mass is 10.0. The third-order valence-electron chi connectivity index (χ3n) is 2.31. The molecule has 17 heavy (non-hydrogen) atoms. The molecule has 4 unspecified atom stereocenters. The van der Waals surface area contributed by atoms with Crippen LogP contribution in [0, 0.1) is 0 Å². The van der Waals surface area contributed by atoms with E-state index in [9.17, 15) is 20.1 Å². The van der Waals surface area contributed by atoms with Crippen molar-refractivity contribution >= 4 is 5.91 Å². The summed E-state index contributed by atoms with van der Waals surface area (Å²) < 4.78 is 0. The van der Waals surface area contributed by atoms with Crippen LogP contribution in [-0.2, 0) is 4.79 Å². The zero-order valence-electron chi connectivity index (χ0n) is 9.78. The van der Waals surface area contributed by atoms with Gasteiger partial charge in [-0.05, 0) is 6.42 Å². The Morgan fingerprint density at radius 1 is 1.12 bits per heavy atom. The summed E-state index contributed by atoms with van der Waals surface area (Å²) in [5.41, 5.74) is 0. The van der Waals surface area contributed by atoms with Gasteiger partial charge in [0.05, 0.1) is 12.7 Å². The molecule has 0 bridgehead atoms. The maximum atomic E-state index is 11.1. The minimum atomic E-state index is -1.67. The number of hydrogen-bond acceptors (Lipinski definition) is 6. The van der Waals surface area contributed by atoms with Gasteiger partial charge >= 0.3 is 0 Å². The predicted molar refractivity (Wildman–Crippen MR) is 59.0 cm³/mol. The highest BCUT2D eigenvalue weighted by atomic mass is 16.4. The molecular formula is C10H21NO6. The lowest BCUT2D eigenvalue weighted by molar-refractivity contribution is -0.126. The minimum absolute atomic E-state index is 0.227. The van der Waals surface area contributed by atoms with E-state index >= 15 is 0 Å². The Bertz CT molecular complexity index is 225. The fourth-order valence-electron chi connectivity index (χ4n) is 1.22. The fourth-order valence-corrected chi connectivity index (χ4v) is 1.22. The van der Waals surface area contributed by atoms with Gasteiger partial charge in [0.25, 0.3) is 0 Å². The molecule has 4 atom stereocenters. The summed E-state index contributed by atoms with van der Waals surface area (Å²) in [5, 5.41) is 48.1. The van der Waals surface area contributed by atoms with Crippen LogP contribution in [0.3, 0.4) is 0 Å². The molecule has 0 aliphatic carbocycles. The van der Waals surface area contributed by atoms with Gasteiger partial charge in [-0.1, -0.05) is 6.92 Å². The Morgan fingerprint density at radius 2 is 1.65 bits per heavy atom. The Hall–Kier alpha value is -0.730. The first kappa shape index (κ1) is 16.3. The maximum Gasteiger partial charge on any atom is 0.220 e. The summed E-state index contributed by atoms with van der Waals surface area (Å²) in [6, 6.07) is 0. The molecule has 0 saturated heterocycles. The van der Waals surface area contributed by atoms with E-state index in [4.69, 9.17) is 10.2 Å². The molecule has 7 nitrogen and oxygen atoms in total. The molecule has 0 rings (SSSR count). The first-order valence-electron chi connectivity index (χ1n) is 5.53. The Morgan fingerprint density at radius 3 is 2.12 bits per heavy atom. The smallest absolute Gasteiger partial charge is 0.220 e. The van der Waals surface area contributed by atoms with Crippen molar-refractivity contribution in [1.82, 2.24) is 5.32 Å². The van der Waals surface area contributed by atoms with Gasteiger partial charge in [0.1, 0.15) is 18.3 Å². The summed E-state index contributed by atoms with van der Waals surface area (Å²) in [4.78, 5) is 11.1. The number of hydrogen-bond donors (Lipinski definition) is 6. The topological polar surface area (TPSA) is 130 Å². The lowest BCUT2D eigenvalue weighted by Gasteiger charge is -2.25. The zero-order chi connectivity index (χ0) is 13.4. The van der Waals surface area contributed by atoms with E-state index < -0.39 is 31.0 Å². The second-order valence-electron chi connectivity index (χ2n) is 3.85. The number of nitrogens with one attached hydrogen (secondary N) is 1. The van der Waals surface area contributed by atoms with Gasteiger partial charge in [-0.3, -0.25) is 4.79 Å². The standard InChI is InChI=1S/C10H21NO6/c1-2-3-8(15)11-4-6(13)9(16)10(17)7(14)5-12/h6-7,9-10,12-14,16-17H,2-5H2,1H3,(H,11,15). The van der Waals surface area contributed by atoms with Gasteiger partial charge in [-0.15, -0.1) is 0 Å². The van der Waals surface area contributed by atoms with Crippen LogP contribution in [0.15, 0.2) is 0 Å². The Labute approximate surface area is 99.7 Å². The van der Waals surface area contributed by atoms with Crippen molar-refractivity contribution in [1.29, 1.82) is 0 Å².